The minimum absolute atomic E-state index is 0.209. The molecule has 1 saturated heterocycles. The summed E-state index contributed by atoms with van der Waals surface area (Å²) >= 11 is 5.79. The fraction of sp³-hybridized carbons (Fsp3) is 0.333. The molecule has 0 aliphatic carbocycles. The van der Waals surface area contributed by atoms with Gasteiger partial charge in [-0.15, -0.1) is 0 Å². The molecule has 1 aliphatic rings. The van der Waals surface area contributed by atoms with Crippen LogP contribution in [0.5, 0.6) is 0 Å². The number of hydrogen-bond donors (Lipinski definition) is 1. The van der Waals surface area contributed by atoms with E-state index in [2.05, 4.69) is 9.62 Å². The number of ether oxygens (including phenoxy) is 1. The van der Waals surface area contributed by atoms with Gasteiger partial charge in [0.15, 0.2) is 0 Å². The maximum absolute atomic E-state index is 12.3. The summed E-state index contributed by atoms with van der Waals surface area (Å²) in [5, 5.41) is 0.509. The smallest absolute Gasteiger partial charge is 0.240 e. The summed E-state index contributed by atoms with van der Waals surface area (Å²) in [6.07, 6.45) is 0. The molecular formula is C18H21ClN2O3S. The lowest BCUT2D eigenvalue weighted by Crippen LogP contribution is -2.35. The first-order chi connectivity index (χ1) is 12.0. The fourth-order valence-corrected chi connectivity index (χ4v) is 3.80. The van der Waals surface area contributed by atoms with Gasteiger partial charge in [-0.3, -0.25) is 4.90 Å². The third kappa shape index (κ3) is 5.26. The first-order valence-corrected chi connectivity index (χ1v) is 10.0. The predicted molar refractivity (Wildman–Crippen MR) is 98.0 cm³/mol. The first kappa shape index (κ1) is 18.4. The zero-order valence-corrected chi connectivity index (χ0v) is 15.4. The second kappa shape index (κ2) is 8.29. The Morgan fingerprint density at radius 1 is 0.960 bits per heavy atom. The van der Waals surface area contributed by atoms with Crippen molar-refractivity contribution < 1.29 is 13.2 Å². The Kier molecular flexibility index (Phi) is 6.09. The summed E-state index contributed by atoms with van der Waals surface area (Å²) in [6, 6.07) is 14.1. The van der Waals surface area contributed by atoms with E-state index in [4.69, 9.17) is 16.3 Å². The van der Waals surface area contributed by atoms with Crippen LogP contribution < -0.4 is 4.72 Å². The van der Waals surface area contributed by atoms with Crippen LogP contribution in [0.1, 0.15) is 11.1 Å². The number of nitrogens with one attached hydrogen (secondary N) is 1. The van der Waals surface area contributed by atoms with Gasteiger partial charge in [-0.1, -0.05) is 35.9 Å². The summed E-state index contributed by atoms with van der Waals surface area (Å²) < 4.78 is 32.5. The van der Waals surface area contributed by atoms with E-state index in [1.165, 1.54) is 17.7 Å². The molecule has 0 unspecified atom stereocenters. The topological polar surface area (TPSA) is 58.6 Å². The van der Waals surface area contributed by atoms with E-state index < -0.39 is 10.0 Å². The van der Waals surface area contributed by atoms with Gasteiger partial charge in [-0.25, -0.2) is 13.1 Å². The van der Waals surface area contributed by atoms with Crippen LogP contribution in [0, 0.1) is 0 Å². The summed E-state index contributed by atoms with van der Waals surface area (Å²) in [5.74, 6) is 0. The molecule has 0 aromatic heterocycles. The van der Waals surface area contributed by atoms with Gasteiger partial charge < -0.3 is 4.74 Å². The normalized spacial score (nSPS) is 16.0. The minimum Gasteiger partial charge on any atom is -0.379 e. The van der Waals surface area contributed by atoms with E-state index in [1.807, 2.05) is 24.3 Å². The van der Waals surface area contributed by atoms with Gasteiger partial charge >= 0.3 is 0 Å². The van der Waals surface area contributed by atoms with Gasteiger partial charge in [0.2, 0.25) is 10.0 Å². The molecule has 25 heavy (non-hydrogen) atoms. The van der Waals surface area contributed by atoms with Crippen molar-refractivity contribution in [1.29, 1.82) is 0 Å². The number of halogens is 1. The average Bonchev–Trinajstić information content (AvgIpc) is 2.62. The van der Waals surface area contributed by atoms with Crippen molar-refractivity contribution in [1.82, 2.24) is 9.62 Å². The zero-order chi connectivity index (χ0) is 17.7. The van der Waals surface area contributed by atoms with E-state index in [9.17, 15) is 8.42 Å². The number of sulfonamides is 1. The van der Waals surface area contributed by atoms with Crippen LogP contribution in [0.25, 0.3) is 0 Å². The summed E-state index contributed by atoms with van der Waals surface area (Å²) in [5.41, 5.74) is 2.13. The Hall–Kier alpha value is -1.44. The van der Waals surface area contributed by atoms with Crippen LogP contribution in [-0.4, -0.2) is 39.6 Å². The third-order valence-corrected chi connectivity index (χ3v) is 5.79. The Balaban J connectivity index is 1.56. The molecule has 134 valence electrons. The molecule has 0 radical (unpaired) electrons. The number of benzene rings is 2. The van der Waals surface area contributed by atoms with Crippen molar-refractivity contribution >= 4 is 21.6 Å². The highest BCUT2D eigenvalue weighted by Crippen LogP contribution is 2.15. The molecule has 0 bridgehead atoms. The fourth-order valence-electron chi connectivity index (χ4n) is 2.66. The van der Waals surface area contributed by atoms with E-state index in [0.717, 1.165) is 38.4 Å². The van der Waals surface area contributed by atoms with Crippen molar-refractivity contribution in [2.75, 3.05) is 26.3 Å². The van der Waals surface area contributed by atoms with Gasteiger partial charge in [-0.05, 0) is 35.4 Å². The number of rotatable bonds is 6. The Labute approximate surface area is 153 Å². The average molecular weight is 381 g/mol. The summed E-state index contributed by atoms with van der Waals surface area (Å²) in [4.78, 5) is 2.56. The van der Waals surface area contributed by atoms with Crippen molar-refractivity contribution in [2.45, 2.75) is 18.0 Å². The second-order valence-corrected chi connectivity index (χ2v) is 8.19. The van der Waals surface area contributed by atoms with Gasteiger partial charge in [0, 0.05) is 31.2 Å². The quantitative estimate of drug-likeness (QED) is 0.837. The highest BCUT2D eigenvalue weighted by atomic mass is 35.5. The summed E-state index contributed by atoms with van der Waals surface area (Å²) in [6.45, 7) is 4.60. The van der Waals surface area contributed by atoms with Crippen LogP contribution in [0.3, 0.4) is 0 Å². The van der Waals surface area contributed by atoms with Gasteiger partial charge in [0.1, 0.15) is 0 Å². The Morgan fingerprint density at radius 3 is 2.20 bits per heavy atom. The van der Waals surface area contributed by atoms with Crippen molar-refractivity contribution in [3.05, 3.63) is 64.7 Å². The van der Waals surface area contributed by atoms with Gasteiger partial charge in [0.05, 0.1) is 18.1 Å². The van der Waals surface area contributed by atoms with Crippen molar-refractivity contribution in [2.24, 2.45) is 0 Å². The van der Waals surface area contributed by atoms with E-state index in [1.54, 1.807) is 12.1 Å². The Morgan fingerprint density at radius 2 is 1.56 bits per heavy atom. The number of morpholine rings is 1. The molecule has 1 heterocycles. The lowest BCUT2D eigenvalue weighted by Gasteiger charge is -2.26. The van der Waals surface area contributed by atoms with Crippen LogP contribution >= 0.6 is 11.6 Å². The van der Waals surface area contributed by atoms with Crippen LogP contribution in [0.15, 0.2) is 53.4 Å². The molecule has 3 rings (SSSR count). The highest BCUT2D eigenvalue weighted by Gasteiger charge is 2.14. The lowest BCUT2D eigenvalue weighted by atomic mass is 10.1. The number of nitrogens with zero attached hydrogens (tertiary/aromatic N) is 1. The standard InChI is InChI=1S/C18H21ClN2O3S/c19-17-5-7-18(8-6-17)25(22,23)20-13-15-1-3-16(4-2-15)14-21-9-11-24-12-10-21/h1-8,20H,9-14H2. The molecule has 0 saturated carbocycles. The molecule has 0 spiro atoms. The number of hydrogen-bond acceptors (Lipinski definition) is 4. The zero-order valence-electron chi connectivity index (χ0n) is 13.8. The predicted octanol–water partition coefficient (Wildman–Crippen LogP) is 2.65. The summed E-state index contributed by atoms with van der Waals surface area (Å²) in [7, 11) is -3.54. The van der Waals surface area contributed by atoms with Crippen molar-refractivity contribution in [3.8, 4) is 0 Å². The molecular weight excluding hydrogens is 360 g/mol. The molecule has 7 heteroatoms. The second-order valence-electron chi connectivity index (χ2n) is 5.98. The van der Waals surface area contributed by atoms with Gasteiger partial charge in [-0.2, -0.15) is 0 Å². The van der Waals surface area contributed by atoms with Crippen LogP contribution in [0.4, 0.5) is 0 Å². The van der Waals surface area contributed by atoms with Crippen molar-refractivity contribution in [3.63, 3.8) is 0 Å². The van der Waals surface area contributed by atoms with E-state index >= 15 is 0 Å². The monoisotopic (exact) mass is 380 g/mol. The molecule has 1 N–H and O–H groups in total. The molecule has 0 amide bonds. The Bertz CT molecular complexity index is 786. The largest absolute Gasteiger partial charge is 0.379 e. The molecule has 1 fully saturated rings. The molecule has 2 aromatic carbocycles. The minimum atomic E-state index is -3.54. The van der Waals surface area contributed by atoms with Gasteiger partial charge in [0.25, 0.3) is 0 Å². The van der Waals surface area contributed by atoms with E-state index in [0.29, 0.717) is 5.02 Å². The van der Waals surface area contributed by atoms with E-state index in [-0.39, 0.29) is 11.4 Å². The SMILES string of the molecule is O=S(=O)(NCc1ccc(CN2CCOCC2)cc1)c1ccc(Cl)cc1. The highest BCUT2D eigenvalue weighted by molar-refractivity contribution is 7.89. The van der Waals surface area contributed by atoms with Crippen LogP contribution in [-0.2, 0) is 27.8 Å². The molecule has 0 atom stereocenters. The molecule has 2 aromatic rings. The maximum atomic E-state index is 12.3. The molecule has 1 aliphatic heterocycles. The van der Waals surface area contributed by atoms with Crippen LogP contribution in [0.2, 0.25) is 5.02 Å². The third-order valence-electron chi connectivity index (χ3n) is 4.12. The maximum Gasteiger partial charge on any atom is 0.240 e. The lowest BCUT2D eigenvalue weighted by molar-refractivity contribution is 0.0342. The molecule has 5 nitrogen and oxygen atoms in total. The first-order valence-electron chi connectivity index (χ1n) is 8.16.